The number of pyridine rings is 2. The molecule has 4 rings (SSSR count). The van der Waals surface area contributed by atoms with Crippen LogP contribution in [0.1, 0.15) is 28.4 Å². The molecular formula is C22H20N4O2S. The summed E-state index contributed by atoms with van der Waals surface area (Å²) in [4.78, 5) is 34.7. The lowest BCUT2D eigenvalue weighted by atomic mass is 10.1. The van der Waals surface area contributed by atoms with Crippen molar-refractivity contribution in [2.75, 3.05) is 16.8 Å². The summed E-state index contributed by atoms with van der Waals surface area (Å²) in [5, 5.41) is 3.65. The molecule has 0 aliphatic carbocycles. The lowest BCUT2D eigenvalue weighted by Crippen LogP contribution is -2.25. The summed E-state index contributed by atoms with van der Waals surface area (Å²) < 4.78 is 0. The summed E-state index contributed by atoms with van der Waals surface area (Å²) in [5.74, 6) is 0.544. The monoisotopic (exact) mass is 404 g/mol. The number of aromatic nitrogens is 2. The fraction of sp³-hybridized carbons (Fsp3) is 0.182. The molecule has 6 nitrogen and oxygen atoms in total. The third-order valence-corrected chi connectivity index (χ3v) is 5.83. The van der Waals surface area contributed by atoms with E-state index >= 15 is 0 Å². The van der Waals surface area contributed by atoms with E-state index < -0.39 is 0 Å². The van der Waals surface area contributed by atoms with Crippen LogP contribution in [0.4, 0.5) is 11.4 Å². The first-order valence-corrected chi connectivity index (χ1v) is 10.3. The third kappa shape index (κ3) is 4.30. The summed E-state index contributed by atoms with van der Waals surface area (Å²) in [7, 11) is 0. The average Bonchev–Trinajstić information content (AvgIpc) is 3.17. The summed E-state index contributed by atoms with van der Waals surface area (Å²) >= 11 is 1.52. The number of nitrogens with one attached hydrogen (secondary N) is 1. The van der Waals surface area contributed by atoms with Gasteiger partial charge in [0.2, 0.25) is 5.91 Å². The number of carbonyl (C=O) groups is 2. The molecule has 0 saturated carbocycles. The summed E-state index contributed by atoms with van der Waals surface area (Å²) in [6.07, 6.45) is 5.99. The molecule has 1 aliphatic rings. The molecule has 29 heavy (non-hydrogen) atoms. The highest BCUT2D eigenvalue weighted by molar-refractivity contribution is 7.98. The van der Waals surface area contributed by atoms with Gasteiger partial charge in [0.1, 0.15) is 5.03 Å². The highest BCUT2D eigenvalue weighted by atomic mass is 32.2. The molecule has 146 valence electrons. The molecular weight excluding hydrogens is 384 g/mol. The van der Waals surface area contributed by atoms with Gasteiger partial charge in [0.05, 0.1) is 5.56 Å². The quantitative estimate of drug-likeness (QED) is 0.652. The Hall–Kier alpha value is -3.19. The Labute approximate surface area is 173 Å². The van der Waals surface area contributed by atoms with Crippen LogP contribution in [0.25, 0.3) is 0 Å². The van der Waals surface area contributed by atoms with Gasteiger partial charge in [-0.1, -0.05) is 0 Å². The minimum Gasteiger partial charge on any atom is -0.322 e. The molecule has 1 N–H and O–H groups in total. The van der Waals surface area contributed by atoms with Gasteiger partial charge in [-0.25, -0.2) is 4.98 Å². The summed E-state index contributed by atoms with van der Waals surface area (Å²) in [6, 6.07) is 13.1. The minimum absolute atomic E-state index is 0.0340. The molecule has 0 spiro atoms. The van der Waals surface area contributed by atoms with Gasteiger partial charge < -0.3 is 10.2 Å². The summed E-state index contributed by atoms with van der Waals surface area (Å²) in [5.41, 5.74) is 4.36. The fourth-order valence-corrected chi connectivity index (χ4v) is 4.26. The molecule has 0 radical (unpaired) electrons. The largest absolute Gasteiger partial charge is 0.322 e. The van der Waals surface area contributed by atoms with Crippen LogP contribution >= 0.6 is 11.8 Å². The molecule has 0 bridgehead atoms. The van der Waals surface area contributed by atoms with Crippen molar-refractivity contribution in [2.45, 2.75) is 24.1 Å². The number of amides is 2. The molecule has 0 fully saturated rings. The number of carbonyl (C=O) groups excluding carboxylic acids is 2. The number of rotatable bonds is 5. The van der Waals surface area contributed by atoms with Crippen LogP contribution in [0.2, 0.25) is 0 Å². The standard InChI is InChI=1S/C22H20N4O2S/c1-15(27)26-12-8-17-13-18(4-5-20(17)26)25-21(28)19-3-2-9-24-22(19)29-14-16-6-10-23-11-7-16/h2-7,9-11,13H,8,12,14H2,1H3,(H,25,28). The molecule has 0 atom stereocenters. The molecule has 0 saturated heterocycles. The van der Waals surface area contributed by atoms with Crippen molar-refractivity contribution in [3.05, 3.63) is 77.7 Å². The minimum atomic E-state index is -0.198. The number of thioether (sulfide) groups is 1. The summed E-state index contributed by atoms with van der Waals surface area (Å²) in [6.45, 7) is 2.25. The number of benzene rings is 1. The molecule has 3 heterocycles. The Morgan fingerprint density at radius 1 is 1.14 bits per heavy atom. The van der Waals surface area contributed by atoms with E-state index in [1.165, 1.54) is 11.8 Å². The second kappa shape index (κ2) is 8.45. The van der Waals surface area contributed by atoms with E-state index in [0.717, 1.165) is 23.2 Å². The number of nitrogens with zero attached hydrogens (tertiary/aromatic N) is 3. The smallest absolute Gasteiger partial charge is 0.258 e. The molecule has 0 unspecified atom stereocenters. The van der Waals surface area contributed by atoms with Crippen molar-refractivity contribution in [2.24, 2.45) is 0 Å². The second-order valence-corrected chi connectivity index (χ2v) is 7.68. The SMILES string of the molecule is CC(=O)N1CCc2cc(NC(=O)c3cccnc3SCc3ccncc3)ccc21. The second-order valence-electron chi connectivity index (χ2n) is 6.72. The van der Waals surface area contributed by atoms with Crippen LogP contribution in [0.5, 0.6) is 0 Å². The predicted molar refractivity (Wildman–Crippen MR) is 114 cm³/mol. The lowest BCUT2D eigenvalue weighted by molar-refractivity contribution is -0.116. The predicted octanol–water partition coefficient (Wildman–Crippen LogP) is 3.93. The average molecular weight is 404 g/mol. The van der Waals surface area contributed by atoms with Gasteiger partial charge in [-0.3, -0.25) is 14.6 Å². The van der Waals surface area contributed by atoms with E-state index in [1.54, 1.807) is 42.5 Å². The Kier molecular flexibility index (Phi) is 5.57. The van der Waals surface area contributed by atoms with Crippen molar-refractivity contribution < 1.29 is 9.59 Å². The normalized spacial score (nSPS) is 12.5. The van der Waals surface area contributed by atoms with E-state index in [4.69, 9.17) is 0 Å². The maximum atomic E-state index is 12.9. The van der Waals surface area contributed by atoms with Crippen LogP contribution < -0.4 is 10.2 Å². The first kappa shape index (κ1) is 19.1. The first-order chi connectivity index (χ1) is 14.1. The number of hydrogen-bond acceptors (Lipinski definition) is 5. The van der Waals surface area contributed by atoms with Gasteiger partial charge in [-0.2, -0.15) is 0 Å². The van der Waals surface area contributed by atoms with E-state index in [2.05, 4.69) is 15.3 Å². The molecule has 7 heteroatoms. The fourth-order valence-electron chi connectivity index (χ4n) is 3.31. The van der Waals surface area contributed by atoms with Crippen molar-refractivity contribution in [3.63, 3.8) is 0 Å². The molecule has 2 aromatic heterocycles. The lowest BCUT2D eigenvalue weighted by Gasteiger charge is -2.15. The van der Waals surface area contributed by atoms with E-state index in [-0.39, 0.29) is 11.8 Å². The molecule has 1 aromatic carbocycles. The third-order valence-electron chi connectivity index (χ3n) is 4.75. The zero-order valence-corrected chi connectivity index (χ0v) is 16.8. The van der Waals surface area contributed by atoms with Crippen molar-refractivity contribution in [3.8, 4) is 0 Å². The van der Waals surface area contributed by atoms with E-state index in [1.807, 2.05) is 30.3 Å². The maximum Gasteiger partial charge on any atom is 0.258 e. The van der Waals surface area contributed by atoms with Gasteiger partial charge in [0.15, 0.2) is 0 Å². The van der Waals surface area contributed by atoms with Crippen LogP contribution in [0.15, 0.2) is 66.1 Å². The van der Waals surface area contributed by atoms with Crippen molar-refractivity contribution in [1.82, 2.24) is 9.97 Å². The molecule has 3 aromatic rings. The zero-order valence-electron chi connectivity index (χ0n) is 16.0. The molecule has 1 aliphatic heterocycles. The zero-order chi connectivity index (χ0) is 20.2. The maximum absolute atomic E-state index is 12.9. The van der Waals surface area contributed by atoms with Gasteiger partial charge in [0, 0.05) is 49.2 Å². The van der Waals surface area contributed by atoms with Crippen molar-refractivity contribution >= 4 is 35.0 Å². The Morgan fingerprint density at radius 2 is 1.97 bits per heavy atom. The number of hydrogen-bond donors (Lipinski definition) is 1. The van der Waals surface area contributed by atoms with Crippen LogP contribution in [0, 0.1) is 0 Å². The molecule has 2 amide bonds. The van der Waals surface area contributed by atoms with E-state index in [9.17, 15) is 9.59 Å². The number of anilines is 2. The first-order valence-electron chi connectivity index (χ1n) is 9.31. The number of fused-ring (bicyclic) bond motifs is 1. The van der Waals surface area contributed by atoms with Crippen LogP contribution in [0.3, 0.4) is 0 Å². The van der Waals surface area contributed by atoms with Gasteiger partial charge in [-0.15, -0.1) is 11.8 Å². The van der Waals surface area contributed by atoms with Crippen LogP contribution in [-0.4, -0.2) is 28.3 Å². The van der Waals surface area contributed by atoms with E-state index in [0.29, 0.717) is 28.6 Å². The van der Waals surface area contributed by atoms with Crippen LogP contribution in [-0.2, 0) is 17.0 Å². The highest BCUT2D eigenvalue weighted by Crippen LogP contribution is 2.31. The van der Waals surface area contributed by atoms with Crippen molar-refractivity contribution in [1.29, 1.82) is 0 Å². The Balaban J connectivity index is 1.49. The topological polar surface area (TPSA) is 75.2 Å². The highest BCUT2D eigenvalue weighted by Gasteiger charge is 2.22. The van der Waals surface area contributed by atoms with Gasteiger partial charge in [-0.05, 0) is 60.0 Å². The Bertz CT molecular complexity index is 1060. The Morgan fingerprint density at radius 3 is 2.76 bits per heavy atom. The van der Waals surface area contributed by atoms with Gasteiger partial charge >= 0.3 is 0 Å². The van der Waals surface area contributed by atoms with Gasteiger partial charge in [0.25, 0.3) is 5.91 Å².